The lowest BCUT2D eigenvalue weighted by Gasteiger charge is -2.11. The van der Waals surface area contributed by atoms with Crippen molar-refractivity contribution in [1.29, 1.82) is 0 Å². The summed E-state index contributed by atoms with van der Waals surface area (Å²) in [6.45, 7) is 1.81. The first-order valence-electron chi connectivity index (χ1n) is 5.93. The molecule has 2 rings (SSSR count). The molecule has 0 fully saturated rings. The van der Waals surface area contributed by atoms with Crippen LogP contribution in [0.3, 0.4) is 0 Å². The number of benzene rings is 1. The van der Waals surface area contributed by atoms with E-state index in [1.807, 2.05) is 0 Å². The van der Waals surface area contributed by atoms with Crippen molar-refractivity contribution in [2.24, 2.45) is 5.73 Å². The van der Waals surface area contributed by atoms with E-state index in [2.05, 4.69) is 0 Å². The Kier molecular flexibility index (Phi) is 4.04. The molecule has 0 spiro atoms. The number of fused-ring (bicyclic) bond motifs is 1. The van der Waals surface area contributed by atoms with E-state index in [9.17, 15) is 4.79 Å². The Hall–Kier alpha value is -1.75. The number of nitrogens with two attached hydrogens (primary N) is 1. The maximum atomic E-state index is 11.2. The fourth-order valence-electron chi connectivity index (χ4n) is 1.91. The van der Waals surface area contributed by atoms with Gasteiger partial charge in [-0.3, -0.25) is 4.79 Å². The SMILES string of the molecule is COCCCOc1cc(C(N)=O)cc2c1CCO2. The second-order valence-electron chi connectivity index (χ2n) is 4.11. The molecule has 18 heavy (non-hydrogen) atoms. The first kappa shape index (κ1) is 12.7. The third kappa shape index (κ3) is 2.73. The van der Waals surface area contributed by atoms with E-state index >= 15 is 0 Å². The van der Waals surface area contributed by atoms with Gasteiger partial charge in [0.2, 0.25) is 5.91 Å². The van der Waals surface area contributed by atoms with Crippen LogP contribution in [-0.2, 0) is 11.2 Å². The second-order valence-corrected chi connectivity index (χ2v) is 4.11. The van der Waals surface area contributed by atoms with Crippen LogP contribution in [0, 0.1) is 0 Å². The number of hydrogen-bond acceptors (Lipinski definition) is 4. The predicted octanol–water partition coefficient (Wildman–Crippen LogP) is 1.14. The fraction of sp³-hybridized carbons (Fsp3) is 0.462. The molecule has 0 aliphatic carbocycles. The minimum absolute atomic E-state index is 0.414. The molecule has 0 bridgehead atoms. The Balaban J connectivity index is 2.14. The summed E-state index contributed by atoms with van der Waals surface area (Å²) in [7, 11) is 1.65. The molecule has 1 aromatic carbocycles. The number of methoxy groups -OCH3 is 1. The summed E-state index contributed by atoms with van der Waals surface area (Å²) in [5.41, 5.74) is 6.71. The number of amides is 1. The van der Waals surface area contributed by atoms with Gasteiger partial charge in [0.05, 0.1) is 13.2 Å². The molecular weight excluding hydrogens is 234 g/mol. The molecule has 1 aliphatic heterocycles. The monoisotopic (exact) mass is 251 g/mol. The molecule has 2 N–H and O–H groups in total. The first-order valence-corrected chi connectivity index (χ1v) is 5.93. The van der Waals surface area contributed by atoms with Gasteiger partial charge in [-0.15, -0.1) is 0 Å². The lowest BCUT2D eigenvalue weighted by molar-refractivity contribution is 0.0999. The van der Waals surface area contributed by atoms with Crippen molar-refractivity contribution < 1.29 is 19.0 Å². The van der Waals surface area contributed by atoms with Gasteiger partial charge in [-0.2, -0.15) is 0 Å². The topological polar surface area (TPSA) is 70.8 Å². The average Bonchev–Trinajstić information content (AvgIpc) is 2.82. The number of hydrogen-bond donors (Lipinski definition) is 1. The molecule has 0 aromatic heterocycles. The first-order chi connectivity index (χ1) is 8.72. The van der Waals surface area contributed by atoms with Gasteiger partial charge >= 0.3 is 0 Å². The lowest BCUT2D eigenvalue weighted by atomic mass is 10.1. The normalized spacial score (nSPS) is 12.9. The molecule has 98 valence electrons. The molecule has 0 radical (unpaired) electrons. The predicted molar refractivity (Wildman–Crippen MR) is 66.1 cm³/mol. The molecule has 5 nitrogen and oxygen atoms in total. The average molecular weight is 251 g/mol. The number of carbonyl (C=O) groups is 1. The largest absolute Gasteiger partial charge is 0.493 e. The highest BCUT2D eigenvalue weighted by Crippen LogP contribution is 2.35. The lowest BCUT2D eigenvalue weighted by Crippen LogP contribution is -2.12. The minimum Gasteiger partial charge on any atom is -0.493 e. The van der Waals surface area contributed by atoms with E-state index in [0.717, 1.165) is 18.4 Å². The molecule has 1 aliphatic rings. The van der Waals surface area contributed by atoms with E-state index in [1.54, 1.807) is 19.2 Å². The van der Waals surface area contributed by atoms with Crippen LogP contribution in [0.1, 0.15) is 22.3 Å². The highest BCUT2D eigenvalue weighted by atomic mass is 16.5. The maximum absolute atomic E-state index is 11.2. The summed E-state index contributed by atoms with van der Waals surface area (Å²) in [6, 6.07) is 3.36. The third-order valence-electron chi connectivity index (χ3n) is 2.81. The van der Waals surface area contributed by atoms with Crippen molar-refractivity contribution in [2.45, 2.75) is 12.8 Å². The van der Waals surface area contributed by atoms with E-state index in [0.29, 0.717) is 36.9 Å². The summed E-state index contributed by atoms with van der Waals surface area (Å²) in [6.07, 6.45) is 1.60. The summed E-state index contributed by atoms with van der Waals surface area (Å²) >= 11 is 0. The van der Waals surface area contributed by atoms with Crippen molar-refractivity contribution in [3.63, 3.8) is 0 Å². The zero-order chi connectivity index (χ0) is 13.0. The summed E-state index contributed by atoms with van der Waals surface area (Å²) < 4.78 is 16.1. The third-order valence-corrected chi connectivity index (χ3v) is 2.81. The van der Waals surface area contributed by atoms with E-state index in [-0.39, 0.29) is 0 Å². The Morgan fingerprint density at radius 1 is 1.44 bits per heavy atom. The molecule has 1 amide bonds. The smallest absolute Gasteiger partial charge is 0.248 e. The Morgan fingerprint density at radius 3 is 3.00 bits per heavy atom. The Morgan fingerprint density at radius 2 is 2.28 bits per heavy atom. The van der Waals surface area contributed by atoms with Gasteiger partial charge < -0.3 is 19.9 Å². The van der Waals surface area contributed by atoms with Crippen molar-refractivity contribution in [3.05, 3.63) is 23.3 Å². The maximum Gasteiger partial charge on any atom is 0.248 e. The van der Waals surface area contributed by atoms with Crippen molar-refractivity contribution in [3.8, 4) is 11.5 Å². The van der Waals surface area contributed by atoms with Gasteiger partial charge in [-0.05, 0) is 12.1 Å². The Bertz CT molecular complexity index is 445. The van der Waals surface area contributed by atoms with Crippen molar-refractivity contribution in [1.82, 2.24) is 0 Å². The molecule has 0 saturated heterocycles. The molecular formula is C13H17NO4. The molecule has 1 aromatic rings. The van der Waals surface area contributed by atoms with Crippen LogP contribution in [0.25, 0.3) is 0 Å². The standard InChI is InChI=1S/C13H17NO4/c1-16-4-2-5-17-11-7-9(13(14)15)8-12-10(11)3-6-18-12/h7-8H,2-6H2,1H3,(H2,14,15). The fourth-order valence-corrected chi connectivity index (χ4v) is 1.91. The highest BCUT2D eigenvalue weighted by molar-refractivity contribution is 5.94. The molecule has 0 atom stereocenters. The van der Waals surface area contributed by atoms with Crippen LogP contribution >= 0.6 is 0 Å². The zero-order valence-corrected chi connectivity index (χ0v) is 10.4. The zero-order valence-electron chi connectivity index (χ0n) is 10.4. The summed E-state index contributed by atoms with van der Waals surface area (Å²) in [4.78, 5) is 11.2. The van der Waals surface area contributed by atoms with Gasteiger partial charge in [-0.1, -0.05) is 0 Å². The van der Waals surface area contributed by atoms with Crippen molar-refractivity contribution in [2.75, 3.05) is 26.9 Å². The van der Waals surface area contributed by atoms with Crippen LogP contribution in [0.4, 0.5) is 0 Å². The number of carbonyl (C=O) groups excluding carboxylic acids is 1. The van der Waals surface area contributed by atoms with Gasteiger partial charge in [-0.25, -0.2) is 0 Å². The van der Waals surface area contributed by atoms with Crippen LogP contribution in [0.2, 0.25) is 0 Å². The van der Waals surface area contributed by atoms with Gasteiger partial charge in [0.15, 0.2) is 0 Å². The van der Waals surface area contributed by atoms with E-state index in [4.69, 9.17) is 19.9 Å². The van der Waals surface area contributed by atoms with Gasteiger partial charge in [0, 0.05) is 37.7 Å². The Labute approximate surface area is 106 Å². The van der Waals surface area contributed by atoms with Crippen LogP contribution in [-0.4, -0.2) is 32.8 Å². The minimum atomic E-state index is -0.477. The quantitative estimate of drug-likeness (QED) is 0.769. The van der Waals surface area contributed by atoms with Crippen molar-refractivity contribution >= 4 is 5.91 Å². The molecule has 5 heteroatoms. The molecule has 0 unspecified atom stereocenters. The number of rotatable bonds is 6. The molecule has 1 heterocycles. The van der Waals surface area contributed by atoms with Crippen LogP contribution in [0.15, 0.2) is 12.1 Å². The van der Waals surface area contributed by atoms with E-state index < -0.39 is 5.91 Å². The number of ether oxygens (including phenoxy) is 3. The van der Waals surface area contributed by atoms with Gasteiger partial charge in [0.1, 0.15) is 11.5 Å². The second kappa shape index (κ2) is 5.73. The van der Waals surface area contributed by atoms with E-state index in [1.165, 1.54) is 0 Å². The summed E-state index contributed by atoms with van der Waals surface area (Å²) in [5, 5.41) is 0. The number of primary amides is 1. The van der Waals surface area contributed by atoms with Gasteiger partial charge in [0.25, 0.3) is 0 Å². The van der Waals surface area contributed by atoms with Crippen LogP contribution < -0.4 is 15.2 Å². The summed E-state index contributed by atoms with van der Waals surface area (Å²) in [5.74, 6) is 0.915. The van der Waals surface area contributed by atoms with Crippen LogP contribution in [0.5, 0.6) is 11.5 Å². The highest BCUT2D eigenvalue weighted by Gasteiger charge is 2.20. The molecule has 0 saturated carbocycles.